The van der Waals surface area contributed by atoms with Gasteiger partial charge in [0.25, 0.3) is 5.56 Å². The van der Waals surface area contributed by atoms with Crippen LogP contribution in [0.4, 0.5) is 4.79 Å². The molecule has 1 N–H and O–H groups in total. The van der Waals surface area contributed by atoms with Crippen LogP contribution >= 0.6 is 0 Å². The molecule has 0 spiro atoms. The van der Waals surface area contributed by atoms with E-state index in [2.05, 4.69) is 0 Å². The topological polar surface area (TPSA) is 99.5 Å². The number of ether oxygens (including phenoxy) is 4. The molecule has 2 aliphatic rings. The number of aliphatic hydroxyl groups excluding tert-OH is 1. The Morgan fingerprint density at radius 3 is 2.47 bits per heavy atom. The first kappa shape index (κ1) is 32.7. The summed E-state index contributed by atoms with van der Waals surface area (Å²) in [5.74, 6) is 2.61. The number of nitrogens with zero attached hydrogens (tertiary/aromatic N) is 2. The van der Waals surface area contributed by atoms with Crippen molar-refractivity contribution in [2.24, 2.45) is 5.92 Å². The van der Waals surface area contributed by atoms with E-state index in [-0.39, 0.29) is 17.7 Å². The second-order valence-electron chi connectivity index (χ2n) is 13.3. The number of carbonyl (C=O) groups is 1. The Kier molecular flexibility index (Phi) is 10.3. The molecule has 3 aromatic rings. The number of benzene rings is 2. The second-order valence-corrected chi connectivity index (χ2v) is 13.3. The van der Waals surface area contributed by atoms with E-state index in [4.69, 9.17) is 18.9 Å². The van der Waals surface area contributed by atoms with Crippen molar-refractivity contribution >= 4 is 17.0 Å². The summed E-state index contributed by atoms with van der Waals surface area (Å²) in [6.45, 7) is 9.73. The predicted molar refractivity (Wildman–Crippen MR) is 174 cm³/mol. The lowest BCUT2D eigenvalue weighted by molar-refractivity contribution is 0.00772. The largest absolute Gasteiger partial charge is 0.497 e. The van der Waals surface area contributed by atoms with Gasteiger partial charge in [-0.25, -0.2) is 4.79 Å². The van der Waals surface area contributed by atoms with Gasteiger partial charge in [0.15, 0.2) is 11.5 Å². The molecule has 0 bridgehead atoms. The molecule has 9 heteroatoms. The number of aryl methyl sites for hydroxylation is 1. The van der Waals surface area contributed by atoms with E-state index in [1.165, 1.54) is 0 Å². The SMILES string of the molecule is CCC(O)c1cc(OC)cc2c1ccc(=O)n2CCCC1CCC(N(Cc2ccc3c(c2)OCCO3)C(=O)OC(C)(C)C)CC1. The van der Waals surface area contributed by atoms with Crippen LogP contribution in [0.1, 0.15) is 89.9 Å². The van der Waals surface area contributed by atoms with Crippen LogP contribution in [0.5, 0.6) is 17.2 Å². The lowest BCUT2D eigenvalue weighted by atomic mass is 9.82. The number of carbonyl (C=O) groups excluding carboxylic acids is 1. The number of hydrogen-bond donors (Lipinski definition) is 1. The van der Waals surface area contributed by atoms with Crippen molar-refractivity contribution < 1.29 is 28.8 Å². The third-order valence-corrected chi connectivity index (χ3v) is 8.93. The Morgan fingerprint density at radius 1 is 1.04 bits per heavy atom. The fourth-order valence-electron chi connectivity index (χ4n) is 6.57. The summed E-state index contributed by atoms with van der Waals surface area (Å²) in [7, 11) is 1.60. The number of amides is 1. The molecule has 1 aliphatic heterocycles. The van der Waals surface area contributed by atoms with Crippen LogP contribution in [-0.2, 0) is 17.8 Å². The highest BCUT2D eigenvalue weighted by Crippen LogP contribution is 2.35. The fourth-order valence-corrected chi connectivity index (χ4v) is 6.57. The van der Waals surface area contributed by atoms with Gasteiger partial charge in [-0.1, -0.05) is 13.0 Å². The van der Waals surface area contributed by atoms with Gasteiger partial charge in [-0.05, 0) is 107 Å². The minimum absolute atomic E-state index is 0.0523. The molecule has 1 fully saturated rings. The third-order valence-electron chi connectivity index (χ3n) is 8.93. The molecule has 1 aliphatic carbocycles. The molecule has 1 saturated carbocycles. The molecule has 1 aromatic heterocycles. The first-order valence-electron chi connectivity index (χ1n) is 16.3. The molecular weight excluding hydrogens is 572 g/mol. The number of rotatable bonds is 10. The Hall–Kier alpha value is -3.72. The molecule has 2 aromatic carbocycles. The van der Waals surface area contributed by atoms with E-state index < -0.39 is 11.7 Å². The molecule has 1 unspecified atom stereocenters. The lowest BCUT2D eigenvalue weighted by Gasteiger charge is -2.38. The Balaban J connectivity index is 1.24. The molecule has 0 radical (unpaired) electrons. The van der Waals surface area contributed by atoms with Gasteiger partial charge in [0.1, 0.15) is 24.6 Å². The smallest absolute Gasteiger partial charge is 0.410 e. The first-order valence-corrected chi connectivity index (χ1v) is 16.3. The molecule has 45 heavy (non-hydrogen) atoms. The highest BCUT2D eigenvalue weighted by molar-refractivity contribution is 5.84. The Labute approximate surface area is 266 Å². The van der Waals surface area contributed by atoms with E-state index in [0.717, 1.165) is 66.3 Å². The van der Waals surface area contributed by atoms with Crippen molar-refractivity contribution in [3.8, 4) is 17.2 Å². The minimum Gasteiger partial charge on any atom is -0.497 e. The van der Waals surface area contributed by atoms with Crippen molar-refractivity contribution in [1.29, 1.82) is 0 Å². The van der Waals surface area contributed by atoms with Crippen molar-refractivity contribution in [3.05, 3.63) is 63.9 Å². The summed E-state index contributed by atoms with van der Waals surface area (Å²) in [6.07, 6.45) is 5.34. The standard InChI is InChI=1S/C36H48N2O7/c1-6-31(39)29-21-27(42-5)22-30-28(29)14-16-34(40)37(30)17-7-8-24-9-12-26(13-10-24)38(35(41)45-36(2,3)4)23-25-11-15-32-33(20-25)44-19-18-43-32/h11,14-16,20-22,24,26,31,39H,6-10,12-13,17-19,23H2,1-5H3. The molecule has 2 heterocycles. The van der Waals surface area contributed by atoms with Crippen LogP contribution < -0.4 is 19.8 Å². The number of fused-ring (bicyclic) bond motifs is 2. The highest BCUT2D eigenvalue weighted by Gasteiger charge is 2.32. The molecule has 0 saturated heterocycles. The quantitative estimate of drug-likeness (QED) is 0.261. The Morgan fingerprint density at radius 2 is 1.78 bits per heavy atom. The monoisotopic (exact) mass is 620 g/mol. The van der Waals surface area contributed by atoms with Gasteiger partial charge >= 0.3 is 6.09 Å². The molecule has 1 amide bonds. The van der Waals surface area contributed by atoms with Crippen molar-refractivity contribution in [2.45, 2.75) is 103 Å². The summed E-state index contributed by atoms with van der Waals surface area (Å²) in [4.78, 5) is 28.3. The van der Waals surface area contributed by atoms with Crippen molar-refractivity contribution in [1.82, 2.24) is 9.47 Å². The summed E-state index contributed by atoms with van der Waals surface area (Å²) in [5, 5.41) is 11.5. The fraction of sp³-hybridized carbons (Fsp3) is 0.556. The summed E-state index contributed by atoms with van der Waals surface area (Å²) < 4.78 is 24.6. The van der Waals surface area contributed by atoms with Crippen LogP contribution in [0.2, 0.25) is 0 Å². The number of aliphatic hydroxyl groups is 1. The maximum absolute atomic E-state index is 13.4. The van der Waals surface area contributed by atoms with Gasteiger partial charge < -0.3 is 33.5 Å². The number of methoxy groups -OCH3 is 1. The zero-order chi connectivity index (χ0) is 32.1. The van der Waals surface area contributed by atoms with E-state index in [9.17, 15) is 14.7 Å². The van der Waals surface area contributed by atoms with Gasteiger partial charge in [0, 0.05) is 36.7 Å². The van der Waals surface area contributed by atoms with Crippen LogP contribution in [0, 0.1) is 5.92 Å². The number of pyridine rings is 1. The molecule has 1 atom stereocenters. The first-order chi connectivity index (χ1) is 21.6. The maximum Gasteiger partial charge on any atom is 0.410 e. The van der Waals surface area contributed by atoms with Gasteiger partial charge in [0.2, 0.25) is 0 Å². The van der Waals surface area contributed by atoms with Crippen molar-refractivity contribution in [2.75, 3.05) is 20.3 Å². The molecule has 5 rings (SSSR count). The molecular formula is C36H48N2O7. The van der Waals surface area contributed by atoms with Crippen molar-refractivity contribution in [3.63, 3.8) is 0 Å². The second kappa shape index (κ2) is 14.1. The van der Waals surface area contributed by atoms with Gasteiger partial charge in [-0.2, -0.15) is 0 Å². The molecule has 9 nitrogen and oxygen atoms in total. The summed E-state index contributed by atoms with van der Waals surface area (Å²) in [6, 6.07) is 13.1. The average molecular weight is 621 g/mol. The van der Waals surface area contributed by atoms with E-state index in [1.807, 2.05) is 73.6 Å². The van der Waals surface area contributed by atoms with Gasteiger partial charge in [-0.3, -0.25) is 4.79 Å². The number of aromatic nitrogens is 1. The predicted octanol–water partition coefficient (Wildman–Crippen LogP) is 7.00. The van der Waals surface area contributed by atoms with Crippen LogP contribution in [0.15, 0.2) is 47.3 Å². The zero-order valence-corrected chi connectivity index (χ0v) is 27.3. The summed E-state index contributed by atoms with van der Waals surface area (Å²) >= 11 is 0. The Bertz CT molecular complexity index is 1530. The maximum atomic E-state index is 13.4. The van der Waals surface area contributed by atoms with Crippen LogP contribution in [-0.4, -0.2) is 52.6 Å². The highest BCUT2D eigenvalue weighted by atomic mass is 16.6. The van der Waals surface area contributed by atoms with Gasteiger partial charge in [-0.15, -0.1) is 0 Å². The summed E-state index contributed by atoms with van der Waals surface area (Å²) in [5.41, 5.74) is 1.92. The molecule has 244 valence electrons. The minimum atomic E-state index is -0.626. The van der Waals surface area contributed by atoms with Gasteiger partial charge in [0.05, 0.1) is 18.7 Å². The van der Waals surface area contributed by atoms with Crippen LogP contribution in [0.25, 0.3) is 10.9 Å². The lowest BCUT2D eigenvalue weighted by Crippen LogP contribution is -2.44. The van der Waals surface area contributed by atoms with E-state index in [0.29, 0.717) is 50.1 Å². The zero-order valence-electron chi connectivity index (χ0n) is 27.3. The van der Waals surface area contributed by atoms with E-state index in [1.54, 1.807) is 13.2 Å². The number of hydrogen-bond acceptors (Lipinski definition) is 7. The van der Waals surface area contributed by atoms with Crippen LogP contribution in [0.3, 0.4) is 0 Å². The van der Waals surface area contributed by atoms with E-state index >= 15 is 0 Å². The normalized spacial score (nSPS) is 18.8. The third kappa shape index (κ3) is 7.93. The average Bonchev–Trinajstić information content (AvgIpc) is 3.03.